The number of rotatable bonds is 5. The molecular formula is C20H21Cl2N2O2+. The van der Waals surface area contributed by atoms with Crippen molar-refractivity contribution >= 4 is 40.2 Å². The number of ether oxygens (including phenoxy) is 1. The van der Waals surface area contributed by atoms with E-state index in [1.54, 1.807) is 13.0 Å². The van der Waals surface area contributed by atoms with Gasteiger partial charge in [0.15, 0.2) is 11.0 Å². The van der Waals surface area contributed by atoms with Gasteiger partial charge in [-0.1, -0.05) is 29.3 Å². The Hall–Kier alpha value is -2.04. The molecule has 0 spiro atoms. The van der Waals surface area contributed by atoms with Crippen LogP contribution in [0.4, 0.5) is 0 Å². The van der Waals surface area contributed by atoms with Crippen molar-refractivity contribution in [3.05, 3.63) is 63.4 Å². The van der Waals surface area contributed by atoms with Gasteiger partial charge in [0.05, 0.1) is 28.8 Å². The van der Waals surface area contributed by atoms with E-state index in [2.05, 4.69) is 23.0 Å². The molecule has 0 bridgehead atoms. The Balaban J connectivity index is 2.12. The third-order valence-corrected chi connectivity index (χ3v) is 5.23. The Morgan fingerprint density at radius 2 is 1.88 bits per heavy atom. The maximum atomic E-state index is 12.1. The summed E-state index contributed by atoms with van der Waals surface area (Å²) in [5.74, 6) is 0.798. The average Bonchev–Trinajstić information content (AvgIpc) is 2.89. The van der Waals surface area contributed by atoms with Gasteiger partial charge in [-0.2, -0.15) is 0 Å². The summed E-state index contributed by atoms with van der Waals surface area (Å²) in [7, 11) is 0. The van der Waals surface area contributed by atoms with E-state index in [9.17, 15) is 4.79 Å². The minimum atomic E-state index is -0.308. The second-order valence-corrected chi connectivity index (χ2v) is 6.86. The van der Waals surface area contributed by atoms with E-state index in [4.69, 9.17) is 27.9 Å². The molecule has 6 heteroatoms. The van der Waals surface area contributed by atoms with E-state index in [0.29, 0.717) is 28.8 Å². The van der Waals surface area contributed by atoms with Crippen molar-refractivity contribution in [1.29, 1.82) is 0 Å². The summed E-state index contributed by atoms with van der Waals surface area (Å²) in [5, 5.41) is 1.08. The summed E-state index contributed by atoms with van der Waals surface area (Å²) in [6, 6.07) is 11.3. The maximum absolute atomic E-state index is 12.1. The number of hydrogen-bond acceptors (Lipinski definition) is 2. The zero-order valence-corrected chi connectivity index (χ0v) is 16.6. The Bertz CT molecular complexity index is 980. The minimum absolute atomic E-state index is 0.308. The molecule has 0 aliphatic rings. The van der Waals surface area contributed by atoms with Crippen molar-refractivity contribution in [3.63, 3.8) is 0 Å². The lowest BCUT2D eigenvalue weighted by Gasteiger charge is -2.04. The molecule has 0 aliphatic carbocycles. The highest BCUT2D eigenvalue weighted by Crippen LogP contribution is 2.24. The van der Waals surface area contributed by atoms with E-state index < -0.39 is 0 Å². The first-order valence-corrected chi connectivity index (χ1v) is 9.35. The average molecular weight is 392 g/mol. The van der Waals surface area contributed by atoms with Crippen molar-refractivity contribution in [1.82, 2.24) is 4.57 Å². The molecule has 3 aromatic rings. The van der Waals surface area contributed by atoms with Gasteiger partial charge in [0.2, 0.25) is 0 Å². The van der Waals surface area contributed by atoms with Crippen molar-refractivity contribution in [2.75, 3.05) is 6.61 Å². The highest BCUT2D eigenvalue weighted by Gasteiger charge is 2.22. The first-order valence-electron chi connectivity index (χ1n) is 8.60. The molecule has 0 atom stereocenters. The van der Waals surface area contributed by atoms with Gasteiger partial charge in [0, 0.05) is 13.0 Å². The van der Waals surface area contributed by atoms with Crippen LogP contribution >= 0.6 is 23.2 Å². The molecule has 0 aliphatic heterocycles. The van der Waals surface area contributed by atoms with Crippen LogP contribution in [-0.2, 0) is 17.8 Å². The highest BCUT2D eigenvalue weighted by molar-refractivity contribution is 6.42. The van der Waals surface area contributed by atoms with Crippen molar-refractivity contribution in [2.24, 2.45) is 0 Å². The molecule has 0 unspecified atom stereocenters. The summed E-state index contributed by atoms with van der Waals surface area (Å²) in [4.78, 5) is 12.1. The van der Waals surface area contributed by atoms with Crippen molar-refractivity contribution < 1.29 is 14.1 Å². The smallest absolute Gasteiger partial charge is 0.338 e. The molecule has 26 heavy (non-hydrogen) atoms. The Morgan fingerprint density at radius 3 is 2.54 bits per heavy atom. The molecule has 0 saturated heterocycles. The van der Waals surface area contributed by atoms with E-state index >= 15 is 0 Å². The fourth-order valence-electron chi connectivity index (χ4n) is 3.22. The summed E-state index contributed by atoms with van der Waals surface area (Å²) >= 11 is 12.2. The molecule has 1 aromatic heterocycles. The summed E-state index contributed by atoms with van der Waals surface area (Å²) < 4.78 is 9.55. The third kappa shape index (κ3) is 3.44. The Kier molecular flexibility index (Phi) is 5.54. The molecular weight excluding hydrogens is 371 g/mol. The van der Waals surface area contributed by atoms with Gasteiger partial charge in [0.1, 0.15) is 6.54 Å². The number of aryl methyl sites for hydroxylation is 1. The van der Waals surface area contributed by atoms with Gasteiger partial charge in [-0.15, -0.1) is 0 Å². The highest BCUT2D eigenvalue weighted by atomic mass is 35.5. The molecule has 0 radical (unpaired) electrons. The topological polar surface area (TPSA) is 35.1 Å². The molecule has 0 fully saturated rings. The molecule has 0 saturated carbocycles. The van der Waals surface area contributed by atoms with Gasteiger partial charge in [0.25, 0.3) is 5.82 Å². The van der Waals surface area contributed by atoms with Gasteiger partial charge >= 0.3 is 5.97 Å². The van der Waals surface area contributed by atoms with Crippen LogP contribution in [0.25, 0.3) is 11.0 Å². The molecule has 3 rings (SSSR count). The van der Waals surface area contributed by atoms with E-state index in [-0.39, 0.29) is 5.97 Å². The number of esters is 1. The number of halogens is 2. The Labute approximate surface area is 162 Å². The fraction of sp³-hybridized carbons (Fsp3) is 0.300. The van der Waals surface area contributed by atoms with Crippen LogP contribution in [0.15, 0.2) is 36.4 Å². The van der Waals surface area contributed by atoms with Crippen LogP contribution in [0.2, 0.25) is 10.0 Å². The molecule has 1 heterocycles. The number of carbonyl (C=O) groups is 1. The monoisotopic (exact) mass is 391 g/mol. The van der Waals surface area contributed by atoms with Crippen LogP contribution < -0.4 is 4.57 Å². The molecule has 136 valence electrons. The van der Waals surface area contributed by atoms with Gasteiger partial charge in [-0.3, -0.25) is 0 Å². The normalized spacial score (nSPS) is 11.1. The van der Waals surface area contributed by atoms with E-state index in [0.717, 1.165) is 29.0 Å². The first kappa shape index (κ1) is 18.7. The van der Waals surface area contributed by atoms with Crippen LogP contribution in [0.5, 0.6) is 0 Å². The number of fused-ring (bicyclic) bond motifs is 1. The Morgan fingerprint density at radius 1 is 1.12 bits per heavy atom. The van der Waals surface area contributed by atoms with Crippen LogP contribution in [0.1, 0.15) is 35.6 Å². The van der Waals surface area contributed by atoms with E-state index in [1.807, 2.05) is 30.3 Å². The second-order valence-electron chi connectivity index (χ2n) is 6.05. The van der Waals surface area contributed by atoms with Crippen LogP contribution in [0.3, 0.4) is 0 Å². The molecule has 4 nitrogen and oxygen atoms in total. The zero-order chi connectivity index (χ0) is 18.8. The SMILES string of the molecule is CCOC(=O)c1ccc2c(c1)n(Cc1ccc(Cl)c(Cl)c1)c(C)[n+]2CC. The van der Waals surface area contributed by atoms with E-state index in [1.165, 1.54) is 0 Å². The predicted molar refractivity (Wildman–Crippen MR) is 104 cm³/mol. The largest absolute Gasteiger partial charge is 0.462 e. The van der Waals surface area contributed by atoms with Crippen LogP contribution in [-0.4, -0.2) is 17.1 Å². The van der Waals surface area contributed by atoms with Gasteiger partial charge < -0.3 is 4.74 Å². The first-order chi connectivity index (χ1) is 12.5. The van der Waals surface area contributed by atoms with Gasteiger partial charge in [-0.25, -0.2) is 13.9 Å². The fourth-order valence-corrected chi connectivity index (χ4v) is 3.54. The second kappa shape index (κ2) is 7.68. The summed E-state index contributed by atoms with van der Waals surface area (Å²) in [6.45, 7) is 7.82. The number of nitrogens with zero attached hydrogens (tertiary/aromatic N) is 2. The standard InChI is InChI=1S/C20H21Cl2N2O2/c1-4-23-13(3)24(12-14-6-8-16(21)17(22)10-14)19-11-15(7-9-18(19)23)20(25)26-5-2/h6-11H,4-5,12H2,1-3H3/q+1. The third-order valence-electron chi connectivity index (χ3n) is 4.49. The predicted octanol–water partition coefficient (Wildman–Crippen LogP) is 4.79. The lowest BCUT2D eigenvalue weighted by Crippen LogP contribution is -2.35. The number of carbonyl (C=O) groups excluding carboxylic acids is 1. The summed E-state index contributed by atoms with van der Waals surface area (Å²) in [5.41, 5.74) is 3.67. The lowest BCUT2D eigenvalue weighted by molar-refractivity contribution is -0.674. The van der Waals surface area contributed by atoms with Gasteiger partial charge in [-0.05, 0) is 43.7 Å². The summed E-state index contributed by atoms with van der Waals surface area (Å²) in [6.07, 6.45) is 0. The quantitative estimate of drug-likeness (QED) is 0.462. The van der Waals surface area contributed by atoms with Crippen molar-refractivity contribution in [2.45, 2.75) is 33.9 Å². The number of benzene rings is 2. The maximum Gasteiger partial charge on any atom is 0.338 e. The molecule has 0 N–H and O–H groups in total. The minimum Gasteiger partial charge on any atom is -0.462 e. The number of aromatic nitrogens is 2. The number of imidazole rings is 1. The zero-order valence-electron chi connectivity index (χ0n) is 15.1. The molecule has 0 amide bonds. The van der Waals surface area contributed by atoms with Crippen molar-refractivity contribution in [3.8, 4) is 0 Å². The van der Waals surface area contributed by atoms with Crippen LogP contribution in [0, 0.1) is 6.92 Å². The molecule has 2 aromatic carbocycles. The number of hydrogen-bond donors (Lipinski definition) is 0. The lowest BCUT2D eigenvalue weighted by atomic mass is 10.2.